The topological polar surface area (TPSA) is 61.9 Å². The zero-order chi connectivity index (χ0) is 19.7. The number of ether oxygens (including phenoxy) is 1. The lowest BCUT2D eigenvalue weighted by atomic mass is 9.98. The van der Waals surface area contributed by atoms with Crippen molar-refractivity contribution in [2.24, 2.45) is 0 Å². The number of nitrogens with one attached hydrogen (secondary N) is 1. The predicted molar refractivity (Wildman–Crippen MR) is 109 cm³/mol. The first-order valence-electron chi connectivity index (χ1n) is 9.36. The highest BCUT2D eigenvalue weighted by molar-refractivity contribution is 6.36. The molecule has 1 fully saturated rings. The molecule has 144 valence electrons. The van der Waals surface area contributed by atoms with Gasteiger partial charge in [0, 0.05) is 31.7 Å². The van der Waals surface area contributed by atoms with E-state index in [0.717, 1.165) is 43.0 Å². The van der Waals surface area contributed by atoms with Gasteiger partial charge in [0.2, 0.25) is 0 Å². The third kappa shape index (κ3) is 3.27. The Hall–Kier alpha value is -3.12. The Labute approximate surface area is 164 Å². The maximum Gasteiger partial charge on any atom is 0.337 e. The molecule has 0 aromatic heterocycles. The fraction of sp³-hybridized carbons (Fsp3) is 0.273. The van der Waals surface area contributed by atoms with E-state index >= 15 is 0 Å². The number of hydrogen-bond acceptors (Lipinski definition) is 5. The summed E-state index contributed by atoms with van der Waals surface area (Å²) in [7, 11) is 3.46. The summed E-state index contributed by atoms with van der Waals surface area (Å²) in [5.74, 6) is -0.563. The molecule has 2 aliphatic heterocycles. The standard InChI is InChI=1S/C22H23N3O3/c1-24-10-12-25(13-11-24)20(15-6-4-3-5-7-15)19-17-9-8-16(22(27)28-2)14-18(17)23-21(19)26/h3-9,14H,10-13H2,1-2H3,(H,23,26)/b20-19+. The number of piperazine rings is 1. The van der Waals surface area contributed by atoms with Crippen molar-refractivity contribution in [1.29, 1.82) is 0 Å². The number of amides is 1. The highest BCUT2D eigenvalue weighted by atomic mass is 16.5. The summed E-state index contributed by atoms with van der Waals surface area (Å²) in [5, 5.41) is 2.92. The molecule has 2 aromatic rings. The van der Waals surface area contributed by atoms with Gasteiger partial charge in [0.1, 0.15) is 0 Å². The zero-order valence-corrected chi connectivity index (χ0v) is 16.1. The molecule has 2 aliphatic rings. The molecule has 0 saturated carbocycles. The Morgan fingerprint density at radius 2 is 1.71 bits per heavy atom. The normalized spacial score (nSPS) is 18.5. The van der Waals surface area contributed by atoms with Crippen LogP contribution in [0.3, 0.4) is 0 Å². The van der Waals surface area contributed by atoms with E-state index in [2.05, 4.69) is 22.2 Å². The van der Waals surface area contributed by atoms with Crippen molar-refractivity contribution in [1.82, 2.24) is 9.80 Å². The molecule has 0 atom stereocenters. The highest BCUT2D eigenvalue weighted by Crippen LogP contribution is 2.39. The number of fused-ring (bicyclic) bond motifs is 1. The smallest absolute Gasteiger partial charge is 0.337 e. The lowest BCUT2D eigenvalue weighted by molar-refractivity contribution is -0.110. The van der Waals surface area contributed by atoms with E-state index in [4.69, 9.17) is 4.74 Å². The van der Waals surface area contributed by atoms with Gasteiger partial charge in [0.05, 0.1) is 29.6 Å². The first kappa shape index (κ1) is 18.3. The number of anilines is 1. The van der Waals surface area contributed by atoms with E-state index in [-0.39, 0.29) is 5.91 Å². The van der Waals surface area contributed by atoms with Crippen LogP contribution < -0.4 is 5.32 Å². The maximum atomic E-state index is 13.0. The van der Waals surface area contributed by atoms with Crippen LogP contribution in [0.1, 0.15) is 21.5 Å². The number of carbonyl (C=O) groups excluding carboxylic acids is 2. The molecule has 0 radical (unpaired) electrons. The molecule has 6 heteroatoms. The number of hydrogen-bond donors (Lipinski definition) is 1. The van der Waals surface area contributed by atoms with E-state index in [9.17, 15) is 9.59 Å². The summed E-state index contributed by atoms with van der Waals surface area (Å²) in [6.07, 6.45) is 0. The molecule has 1 saturated heterocycles. The lowest BCUT2D eigenvalue weighted by Crippen LogP contribution is -2.43. The summed E-state index contributed by atoms with van der Waals surface area (Å²) in [5.41, 5.74) is 4.49. The minimum absolute atomic E-state index is 0.144. The quantitative estimate of drug-likeness (QED) is 0.658. The van der Waals surface area contributed by atoms with Gasteiger partial charge in [0.15, 0.2) is 0 Å². The van der Waals surface area contributed by atoms with Gasteiger partial charge in [-0.15, -0.1) is 0 Å². The number of likely N-dealkylation sites (N-methyl/N-ethyl adjacent to an activating group) is 1. The minimum Gasteiger partial charge on any atom is -0.465 e. The van der Waals surface area contributed by atoms with Gasteiger partial charge in [-0.05, 0) is 24.7 Å². The van der Waals surface area contributed by atoms with Crippen molar-refractivity contribution in [2.45, 2.75) is 0 Å². The van der Waals surface area contributed by atoms with Crippen molar-refractivity contribution in [3.05, 3.63) is 65.2 Å². The largest absolute Gasteiger partial charge is 0.465 e. The molecule has 2 heterocycles. The first-order chi connectivity index (χ1) is 13.6. The van der Waals surface area contributed by atoms with Crippen LogP contribution in [0, 0.1) is 0 Å². The molecule has 6 nitrogen and oxygen atoms in total. The van der Waals surface area contributed by atoms with Crippen LogP contribution in [0.5, 0.6) is 0 Å². The average molecular weight is 377 g/mol. The number of nitrogens with zero attached hydrogens (tertiary/aromatic N) is 2. The van der Waals surface area contributed by atoms with Crippen molar-refractivity contribution >= 4 is 28.8 Å². The van der Waals surface area contributed by atoms with Crippen molar-refractivity contribution in [2.75, 3.05) is 45.7 Å². The van der Waals surface area contributed by atoms with Gasteiger partial charge in [0.25, 0.3) is 5.91 Å². The van der Waals surface area contributed by atoms with E-state index in [1.165, 1.54) is 7.11 Å². The van der Waals surface area contributed by atoms with Crippen molar-refractivity contribution in [3.8, 4) is 0 Å². The van der Waals surface area contributed by atoms with E-state index in [1.807, 2.05) is 36.4 Å². The molecule has 0 aliphatic carbocycles. The van der Waals surface area contributed by atoms with Crippen LogP contribution in [0.25, 0.3) is 11.3 Å². The molecular weight excluding hydrogens is 354 g/mol. The van der Waals surface area contributed by atoms with Crippen LogP contribution in [0.2, 0.25) is 0 Å². The number of rotatable bonds is 3. The van der Waals surface area contributed by atoms with Gasteiger partial charge < -0.3 is 19.9 Å². The molecule has 28 heavy (non-hydrogen) atoms. The van der Waals surface area contributed by atoms with E-state index in [0.29, 0.717) is 16.8 Å². The molecule has 1 N–H and O–H groups in total. The highest BCUT2D eigenvalue weighted by Gasteiger charge is 2.32. The second kappa shape index (κ2) is 7.48. The zero-order valence-electron chi connectivity index (χ0n) is 16.1. The summed E-state index contributed by atoms with van der Waals surface area (Å²) in [6, 6.07) is 15.2. The minimum atomic E-state index is -0.420. The van der Waals surface area contributed by atoms with Crippen LogP contribution in [0.4, 0.5) is 5.69 Å². The second-order valence-electron chi connectivity index (χ2n) is 7.09. The molecule has 4 rings (SSSR count). The summed E-state index contributed by atoms with van der Waals surface area (Å²) < 4.78 is 4.80. The van der Waals surface area contributed by atoms with Crippen LogP contribution in [-0.4, -0.2) is 62.0 Å². The fourth-order valence-electron chi connectivity index (χ4n) is 3.76. The monoisotopic (exact) mass is 377 g/mol. The summed E-state index contributed by atoms with van der Waals surface area (Å²) in [4.78, 5) is 29.4. The second-order valence-corrected chi connectivity index (χ2v) is 7.09. The Balaban J connectivity index is 1.85. The van der Waals surface area contributed by atoms with Gasteiger partial charge >= 0.3 is 5.97 Å². The molecule has 0 unspecified atom stereocenters. The van der Waals surface area contributed by atoms with Crippen LogP contribution >= 0.6 is 0 Å². The van der Waals surface area contributed by atoms with Crippen molar-refractivity contribution < 1.29 is 14.3 Å². The Bertz CT molecular complexity index is 945. The Morgan fingerprint density at radius 3 is 2.39 bits per heavy atom. The van der Waals surface area contributed by atoms with E-state index in [1.54, 1.807) is 12.1 Å². The summed E-state index contributed by atoms with van der Waals surface area (Å²) in [6.45, 7) is 3.60. The number of esters is 1. The molecule has 0 bridgehead atoms. The van der Waals surface area contributed by atoms with Crippen LogP contribution in [0.15, 0.2) is 48.5 Å². The molecule has 1 amide bonds. The first-order valence-corrected chi connectivity index (χ1v) is 9.36. The van der Waals surface area contributed by atoms with Gasteiger partial charge in [-0.1, -0.05) is 36.4 Å². The van der Waals surface area contributed by atoms with Gasteiger partial charge in [-0.25, -0.2) is 4.79 Å². The number of benzene rings is 2. The van der Waals surface area contributed by atoms with Gasteiger partial charge in [-0.3, -0.25) is 4.79 Å². The third-order valence-electron chi connectivity index (χ3n) is 5.29. The molecular formula is C22H23N3O3. The van der Waals surface area contributed by atoms with Gasteiger partial charge in [-0.2, -0.15) is 0 Å². The van der Waals surface area contributed by atoms with Crippen molar-refractivity contribution in [3.63, 3.8) is 0 Å². The van der Waals surface area contributed by atoms with E-state index < -0.39 is 5.97 Å². The Morgan fingerprint density at radius 1 is 1.00 bits per heavy atom. The summed E-state index contributed by atoms with van der Waals surface area (Å²) >= 11 is 0. The molecule has 2 aromatic carbocycles. The predicted octanol–water partition coefficient (Wildman–Crippen LogP) is 2.54. The SMILES string of the molecule is COC(=O)c1ccc2c(c1)NC(=O)/C2=C(\c1ccccc1)N1CCN(C)CC1. The van der Waals surface area contributed by atoms with Crippen LogP contribution in [-0.2, 0) is 9.53 Å². The number of methoxy groups -OCH3 is 1. The fourth-order valence-corrected chi connectivity index (χ4v) is 3.76. The average Bonchev–Trinajstić information content (AvgIpc) is 3.05. The maximum absolute atomic E-state index is 13.0. The molecule has 0 spiro atoms. The third-order valence-corrected chi connectivity index (χ3v) is 5.29. The Kier molecular flexibility index (Phi) is 4.88. The number of carbonyl (C=O) groups is 2. The lowest BCUT2D eigenvalue weighted by Gasteiger charge is -2.36.